The number of nitrogen functional groups attached to an aromatic ring is 1. The summed E-state index contributed by atoms with van der Waals surface area (Å²) in [5, 5.41) is 0.641. The zero-order valence-electron chi connectivity index (χ0n) is 8.48. The minimum atomic E-state index is 0.332. The van der Waals surface area contributed by atoms with Gasteiger partial charge < -0.3 is 10.6 Å². The number of thioether (sulfide) groups is 1. The Morgan fingerprint density at radius 1 is 1.67 bits per heavy atom. The van der Waals surface area contributed by atoms with E-state index in [0.717, 1.165) is 29.1 Å². The van der Waals surface area contributed by atoms with E-state index in [4.69, 9.17) is 5.73 Å². The van der Waals surface area contributed by atoms with Crippen LogP contribution >= 0.6 is 27.7 Å². The standard InChI is InChI=1S/C9H13BrN4S/c1-6-5-14(2-3-15-6)8-7(10)4-12-9(11)13-8/h4,6H,2-3,5H2,1H3,(H2,11,12,13). The highest BCUT2D eigenvalue weighted by Gasteiger charge is 2.20. The lowest BCUT2D eigenvalue weighted by molar-refractivity contribution is 0.767. The van der Waals surface area contributed by atoms with E-state index in [1.807, 2.05) is 11.8 Å². The summed E-state index contributed by atoms with van der Waals surface area (Å²) >= 11 is 5.45. The molecule has 15 heavy (non-hydrogen) atoms. The van der Waals surface area contributed by atoms with E-state index < -0.39 is 0 Å². The molecule has 2 N–H and O–H groups in total. The van der Waals surface area contributed by atoms with Crippen LogP contribution in [0.5, 0.6) is 0 Å². The third-order valence-electron chi connectivity index (χ3n) is 2.28. The van der Waals surface area contributed by atoms with E-state index in [1.54, 1.807) is 6.20 Å². The van der Waals surface area contributed by atoms with Crippen molar-refractivity contribution in [3.8, 4) is 0 Å². The molecule has 4 nitrogen and oxygen atoms in total. The molecule has 1 unspecified atom stereocenters. The molecule has 1 aromatic rings. The molecule has 82 valence electrons. The minimum Gasteiger partial charge on any atom is -0.368 e. The fourth-order valence-corrected chi connectivity index (χ4v) is 3.06. The van der Waals surface area contributed by atoms with Crippen molar-refractivity contribution in [2.45, 2.75) is 12.2 Å². The highest BCUT2D eigenvalue weighted by Crippen LogP contribution is 2.28. The van der Waals surface area contributed by atoms with Crippen molar-refractivity contribution in [3.63, 3.8) is 0 Å². The average molecular weight is 289 g/mol. The van der Waals surface area contributed by atoms with Gasteiger partial charge in [0.25, 0.3) is 0 Å². The summed E-state index contributed by atoms with van der Waals surface area (Å²) in [5.74, 6) is 2.38. The first-order valence-electron chi connectivity index (χ1n) is 4.81. The van der Waals surface area contributed by atoms with Gasteiger partial charge in [-0.3, -0.25) is 0 Å². The van der Waals surface area contributed by atoms with Gasteiger partial charge in [-0.2, -0.15) is 16.7 Å². The van der Waals surface area contributed by atoms with Crippen molar-refractivity contribution < 1.29 is 0 Å². The highest BCUT2D eigenvalue weighted by atomic mass is 79.9. The molecule has 1 aliphatic rings. The topological polar surface area (TPSA) is 55.0 Å². The molecule has 2 heterocycles. The highest BCUT2D eigenvalue weighted by molar-refractivity contribution is 9.10. The van der Waals surface area contributed by atoms with Crippen LogP contribution in [0.2, 0.25) is 0 Å². The van der Waals surface area contributed by atoms with Crippen molar-refractivity contribution in [2.75, 3.05) is 29.5 Å². The zero-order chi connectivity index (χ0) is 10.8. The summed E-state index contributed by atoms with van der Waals surface area (Å²) in [5.41, 5.74) is 5.59. The van der Waals surface area contributed by atoms with Crippen LogP contribution in [-0.4, -0.2) is 34.1 Å². The van der Waals surface area contributed by atoms with E-state index in [0.29, 0.717) is 11.2 Å². The average Bonchev–Trinajstić information content (AvgIpc) is 2.22. The molecule has 0 bridgehead atoms. The maximum Gasteiger partial charge on any atom is 0.222 e. The second-order valence-electron chi connectivity index (χ2n) is 3.53. The van der Waals surface area contributed by atoms with Gasteiger partial charge in [-0.25, -0.2) is 4.98 Å². The van der Waals surface area contributed by atoms with Crippen LogP contribution in [0.1, 0.15) is 6.92 Å². The van der Waals surface area contributed by atoms with Crippen LogP contribution in [0.3, 0.4) is 0 Å². The Morgan fingerprint density at radius 3 is 3.20 bits per heavy atom. The third kappa shape index (κ3) is 2.55. The molecule has 0 aromatic carbocycles. The Morgan fingerprint density at radius 2 is 2.47 bits per heavy atom. The molecule has 0 amide bonds. The smallest absolute Gasteiger partial charge is 0.222 e. The van der Waals surface area contributed by atoms with Crippen molar-refractivity contribution in [1.82, 2.24) is 9.97 Å². The van der Waals surface area contributed by atoms with Crippen molar-refractivity contribution in [1.29, 1.82) is 0 Å². The van der Waals surface area contributed by atoms with Gasteiger partial charge in [0.1, 0.15) is 5.82 Å². The second kappa shape index (κ2) is 4.57. The summed E-state index contributed by atoms with van der Waals surface area (Å²) < 4.78 is 0.913. The molecule has 0 aliphatic carbocycles. The predicted molar refractivity (Wildman–Crippen MR) is 68.3 cm³/mol. The molecule has 1 aromatic heterocycles. The Kier molecular flexibility index (Phi) is 3.35. The Bertz CT molecular complexity index is 360. The van der Waals surface area contributed by atoms with Crippen LogP contribution < -0.4 is 10.6 Å². The van der Waals surface area contributed by atoms with E-state index in [2.05, 4.69) is 37.7 Å². The van der Waals surface area contributed by atoms with E-state index in [-0.39, 0.29) is 0 Å². The maximum absolute atomic E-state index is 5.59. The van der Waals surface area contributed by atoms with Crippen LogP contribution in [0.25, 0.3) is 0 Å². The van der Waals surface area contributed by atoms with E-state index in [9.17, 15) is 0 Å². The normalized spacial score (nSPS) is 21.7. The van der Waals surface area contributed by atoms with Gasteiger partial charge in [0.15, 0.2) is 0 Å². The maximum atomic E-state index is 5.59. The molecule has 1 fully saturated rings. The number of anilines is 2. The summed E-state index contributed by atoms with van der Waals surface area (Å²) in [6, 6.07) is 0. The Hall–Kier alpha value is -0.490. The molecule has 1 aliphatic heterocycles. The molecule has 0 saturated carbocycles. The van der Waals surface area contributed by atoms with Crippen molar-refractivity contribution in [2.24, 2.45) is 0 Å². The number of nitrogens with two attached hydrogens (primary N) is 1. The van der Waals surface area contributed by atoms with Crippen LogP contribution in [0, 0.1) is 0 Å². The van der Waals surface area contributed by atoms with Crippen LogP contribution in [0.4, 0.5) is 11.8 Å². The Balaban J connectivity index is 2.24. The van der Waals surface area contributed by atoms with Crippen molar-refractivity contribution >= 4 is 39.5 Å². The first-order valence-corrected chi connectivity index (χ1v) is 6.65. The zero-order valence-corrected chi connectivity index (χ0v) is 10.9. The summed E-state index contributed by atoms with van der Waals surface area (Å²) in [6.07, 6.45) is 1.71. The van der Waals surface area contributed by atoms with E-state index in [1.165, 1.54) is 0 Å². The Labute approximate surface area is 102 Å². The third-order valence-corrected chi connectivity index (χ3v) is 3.98. The number of aromatic nitrogens is 2. The summed E-state index contributed by atoms with van der Waals surface area (Å²) in [4.78, 5) is 10.5. The second-order valence-corrected chi connectivity index (χ2v) is 5.93. The number of halogens is 1. The van der Waals surface area contributed by atoms with Gasteiger partial charge in [-0.1, -0.05) is 6.92 Å². The summed E-state index contributed by atoms with van der Waals surface area (Å²) in [7, 11) is 0. The molecule has 6 heteroatoms. The lowest BCUT2D eigenvalue weighted by Crippen LogP contribution is -2.37. The minimum absolute atomic E-state index is 0.332. The molecule has 1 atom stereocenters. The lowest BCUT2D eigenvalue weighted by Gasteiger charge is -2.31. The largest absolute Gasteiger partial charge is 0.368 e. The van der Waals surface area contributed by atoms with Gasteiger partial charge >= 0.3 is 0 Å². The molecular formula is C9H13BrN4S. The van der Waals surface area contributed by atoms with Gasteiger partial charge in [-0.15, -0.1) is 0 Å². The quantitative estimate of drug-likeness (QED) is 0.854. The van der Waals surface area contributed by atoms with Crippen LogP contribution in [-0.2, 0) is 0 Å². The number of rotatable bonds is 1. The monoisotopic (exact) mass is 288 g/mol. The van der Waals surface area contributed by atoms with E-state index >= 15 is 0 Å². The van der Waals surface area contributed by atoms with Crippen LogP contribution in [0.15, 0.2) is 10.7 Å². The summed E-state index contributed by atoms with van der Waals surface area (Å²) in [6.45, 7) is 4.26. The SMILES string of the molecule is CC1CN(c2nc(N)ncc2Br)CCS1. The molecular weight excluding hydrogens is 276 g/mol. The predicted octanol–water partition coefficient (Wildman–Crippen LogP) is 1.76. The van der Waals surface area contributed by atoms with Gasteiger partial charge in [0.05, 0.1) is 4.47 Å². The molecule has 2 rings (SSSR count). The van der Waals surface area contributed by atoms with Gasteiger partial charge in [-0.05, 0) is 15.9 Å². The molecule has 0 radical (unpaired) electrons. The van der Waals surface area contributed by atoms with Gasteiger partial charge in [0.2, 0.25) is 5.95 Å². The number of nitrogens with zero attached hydrogens (tertiary/aromatic N) is 3. The molecule has 0 spiro atoms. The lowest BCUT2D eigenvalue weighted by atomic mass is 10.3. The first-order chi connectivity index (χ1) is 7.16. The molecule has 1 saturated heterocycles. The van der Waals surface area contributed by atoms with Gasteiger partial charge in [0, 0.05) is 30.3 Å². The number of hydrogen-bond donors (Lipinski definition) is 1. The fraction of sp³-hybridized carbons (Fsp3) is 0.556. The fourth-order valence-electron chi connectivity index (χ4n) is 1.60. The van der Waals surface area contributed by atoms with Crippen molar-refractivity contribution in [3.05, 3.63) is 10.7 Å². The first kappa shape index (κ1) is 11.0. The number of hydrogen-bond acceptors (Lipinski definition) is 5.